The van der Waals surface area contributed by atoms with Crippen molar-refractivity contribution in [2.24, 2.45) is 5.92 Å². The molecule has 2 atom stereocenters. The van der Waals surface area contributed by atoms with Gasteiger partial charge >= 0.3 is 0 Å². The van der Waals surface area contributed by atoms with Crippen LogP contribution in [0.15, 0.2) is 24.3 Å². The van der Waals surface area contributed by atoms with Crippen molar-refractivity contribution in [3.63, 3.8) is 0 Å². The number of rotatable bonds is 4. The fraction of sp³-hybridized carbons (Fsp3) is 0.500. The Morgan fingerprint density at radius 1 is 1.40 bits per heavy atom. The topological polar surface area (TPSA) is 37.4 Å². The van der Waals surface area contributed by atoms with E-state index in [1.165, 1.54) is 0 Å². The first-order chi connectivity index (χ1) is 9.52. The van der Waals surface area contributed by atoms with E-state index < -0.39 is 0 Å². The third-order valence-corrected chi connectivity index (χ3v) is 4.36. The normalized spacial score (nSPS) is 21.8. The molecule has 2 rings (SSSR count). The van der Waals surface area contributed by atoms with Gasteiger partial charge in [0.15, 0.2) is 5.78 Å². The molecule has 0 aromatic heterocycles. The third-order valence-electron chi connectivity index (χ3n) is 4.10. The minimum absolute atomic E-state index is 0.0733. The van der Waals surface area contributed by atoms with Crippen LogP contribution < -0.4 is 0 Å². The number of carbonyl (C=O) groups excluding carboxylic acids is 2. The summed E-state index contributed by atoms with van der Waals surface area (Å²) in [4.78, 5) is 26.3. The molecule has 1 aliphatic heterocycles. The summed E-state index contributed by atoms with van der Waals surface area (Å²) in [5, 5.41) is 0.629. The molecular formula is C16H20ClNO2. The van der Waals surface area contributed by atoms with Crippen molar-refractivity contribution >= 4 is 23.2 Å². The highest BCUT2D eigenvalue weighted by Gasteiger charge is 2.31. The van der Waals surface area contributed by atoms with Gasteiger partial charge in [-0.25, -0.2) is 0 Å². The maximum Gasteiger partial charge on any atom is 0.179 e. The predicted octanol–water partition coefficient (Wildman–Crippen LogP) is 3.21. The van der Waals surface area contributed by atoms with E-state index in [0.717, 1.165) is 6.42 Å². The minimum atomic E-state index is -0.196. The van der Waals surface area contributed by atoms with Gasteiger partial charge in [0.05, 0.1) is 6.04 Å². The van der Waals surface area contributed by atoms with Gasteiger partial charge in [0, 0.05) is 36.0 Å². The molecule has 0 aliphatic carbocycles. The van der Waals surface area contributed by atoms with Gasteiger partial charge in [-0.15, -0.1) is 0 Å². The van der Waals surface area contributed by atoms with E-state index in [0.29, 0.717) is 35.9 Å². The summed E-state index contributed by atoms with van der Waals surface area (Å²) in [6.07, 6.45) is 1.40. The lowest BCUT2D eigenvalue weighted by Crippen LogP contribution is -2.48. The Morgan fingerprint density at radius 3 is 2.65 bits per heavy atom. The highest BCUT2D eigenvalue weighted by atomic mass is 35.5. The molecule has 0 radical (unpaired) electrons. The number of hydrogen-bond donors (Lipinski definition) is 0. The van der Waals surface area contributed by atoms with E-state index in [2.05, 4.69) is 4.90 Å². The molecule has 1 heterocycles. The maximum absolute atomic E-state index is 12.5. The van der Waals surface area contributed by atoms with E-state index in [1.54, 1.807) is 24.3 Å². The highest BCUT2D eigenvalue weighted by molar-refractivity contribution is 6.30. The summed E-state index contributed by atoms with van der Waals surface area (Å²) in [6.45, 7) is 5.31. The Balaban J connectivity index is 2.07. The standard InChI is InChI=1S/C16H20ClNO2/c1-3-12-10-18(9-8-15(12)19)11(2)16(20)13-4-6-14(17)7-5-13/h4-7,11-12H,3,8-10H2,1-2H3. The summed E-state index contributed by atoms with van der Waals surface area (Å²) in [7, 11) is 0. The summed E-state index contributed by atoms with van der Waals surface area (Å²) < 4.78 is 0. The van der Waals surface area contributed by atoms with Crippen LogP contribution in [0.2, 0.25) is 5.02 Å². The first kappa shape index (κ1) is 15.2. The second-order valence-corrected chi connectivity index (χ2v) is 5.80. The largest absolute Gasteiger partial charge is 0.299 e. The van der Waals surface area contributed by atoms with E-state index in [9.17, 15) is 9.59 Å². The molecule has 1 fully saturated rings. The monoisotopic (exact) mass is 293 g/mol. The fourth-order valence-corrected chi connectivity index (χ4v) is 2.79. The van der Waals surface area contributed by atoms with Crippen LogP contribution >= 0.6 is 11.6 Å². The second kappa shape index (κ2) is 6.51. The number of piperidine rings is 1. The number of benzene rings is 1. The van der Waals surface area contributed by atoms with E-state index >= 15 is 0 Å². The summed E-state index contributed by atoms with van der Waals surface area (Å²) >= 11 is 5.84. The number of hydrogen-bond acceptors (Lipinski definition) is 3. The average Bonchev–Trinajstić information content (AvgIpc) is 2.47. The van der Waals surface area contributed by atoms with Crippen LogP contribution in [-0.4, -0.2) is 35.6 Å². The molecule has 0 bridgehead atoms. The molecule has 3 nitrogen and oxygen atoms in total. The molecule has 1 aromatic carbocycles. The average molecular weight is 294 g/mol. The first-order valence-electron chi connectivity index (χ1n) is 7.09. The van der Waals surface area contributed by atoms with Crippen LogP contribution in [0.5, 0.6) is 0 Å². The molecule has 1 aliphatic rings. The van der Waals surface area contributed by atoms with Gasteiger partial charge in [-0.05, 0) is 37.6 Å². The van der Waals surface area contributed by atoms with Crippen molar-refractivity contribution in [1.29, 1.82) is 0 Å². The van der Waals surface area contributed by atoms with E-state index in [-0.39, 0.29) is 17.7 Å². The Morgan fingerprint density at radius 2 is 2.05 bits per heavy atom. The molecule has 0 spiro atoms. The van der Waals surface area contributed by atoms with Crippen LogP contribution in [0.1, 0.15) is 37.0 Å². The molecule has 20 heavy (non-hydrogen) atoms. The van der Waals surface area contributed by atoms with Crippen LogP contribution in [0.25, 0.3) is 0 Å². The number of halogens is 1. The maximum atomic E-state index is 12.5. The smallest absolute Gasteiger partial charge is 0.179 e. The van der Waals surface area contributed by atoms with Crippen molar-refractivity contribution in [2.45, 2.75) is 32.7 Å². The lowest BCUT2D eigenvalue weighted by atomic mass is 9.92. The van der Waals surface area contributed by atoms with E-state index in [4.69, 9.17) is 11.6 Å². The Kier molecular flexibility index (Phi) is 4.95. The molecule has 2 unspecified atom stereocenters. The van der Waals surface area contributed by atoms with Crippen molar-refractivity contribution < 1.29 is 9.59 Å². The van der Waals surface area contributed by atoms with Crippen molar-refractivity contribution in [3.8, 4) is 0 Å². The van der Waals surface area contributed by atoms with E-state index in [1.807, 2.05) is 13.8 Å². The SMILES string of the molecule is CCC1CN(C(C)C(=O)c2ccc(Cl)cc2)CCC1=O. The first-order valence-corrected chi connectivity index (χ1v) is 7.47. The van der Waals surface area contributed by atoms with Gasteiger partial charge in [0.25, 0.3) is 0 Å². The van der Waals surface area contributed by atoms with Gasteiger partial charge in [-0.2, -0.15) is 0 Å². The fourth-order valence-electron chi connectivity index (χ4n) is 2.66. The third kappa shape index (κ3) is 3.28. The lowest BCUT2D eigenvalue weighted by molar-refractivity contribution is -0.126. The second-order valence-electron chi connectivity index (χ2n) is 5.36. The summed E-state index contributed by atoms with van der Waals surface area (Å²) in [5.41, 5.74) is 0.673. The number of nitrogens with zero attached hydrogens (tertiary/aromatic N) is 1. The number of Topliss-reactive ketones (excluding diaryl/α,β-unsaturated/α-hetero) is 2. The number of likely N-dealkylation sites (tertiary alicyclic amines) is 1. The molecule has 1 saturated heterocycles. The van der Waals surface area contributed by atoms with Gasteiger partial charge in [0.1, 0.15) is 5.78 Å². The Bertz CT molecular complexity index is 498. The quantitative estimate of drug-likeness (QED) is 0.800. The summed E-state index contributed by atoms with van der Waals surface area (Å²) in [5.74, 6) is 0.491. The molecule has 4 heteroatoms. The van der Waals surface area contributed by atoms with Gasteiger partial charge in [-0.3, -0.25) is 14.5 Å². The van der Waals surface area contributed by atoms with Crippen LogP contribution in [0.3, 0.4) is 0 Å². The summed E-state index contributed by atoms with van der Waals surface area (Å²) in [6, 6.07) is 6.78. The van der Waals surface area contributed by atoms with Gasteiger partial charge in [0.2, 0.25) is 0 Å². The molecule has 1 aromatic rings. The molecular weight excluding hydrogens is 274 g/mol. The minimum Gasteiger partial charge on any atom is -0.299 e. The van der Waals surface area contributed by atoms with Crippen molar-refractivity contribution in [3.05, 3.63) is 34.9 Å². The zero-order valence-electron chi connectivity index (χ0n) is 11.9. The van der Waals surface area contributed by atoms with Crippen LogP contribution in [0.4, 0.5) is 0 Å². The predicted molar refractivity (Wildman–Crippen MR) is 80.2 cm³/mol. The Hall–Kier alpha value is -1.19. The molecule has 0 N–H and O–H groups in total. The number of carbonyl (C=O) groups is 2. The van der Waals surface area contributed by atoms with Crippen molar-refractivity contribution in [2.75, 3.05) is 13.1 Å². The Labute approximate surface area is 124 Å². The zero-order valence-corrected chi connectivity index (χ0v) is 12.7. The molecule has 0 amide bonds. The van der Waals surface area contributed by atoms with Crippen LogP contribution in [-0.2, 0) is 4.79 Å². The van der Waals surface area contributed by atoms with Gasteiger partial charge < -0.3 is 0 Å². The molecule has 0 saturated carbocycles. The van der Waals surface area contributed by atoms with Crippen molar-refractivity contribution in [1.82, 2.24) is 4.90 Å². The van der Waals surface area contributed by atoms with Crippen LogP contribution in [0, 0.1) is 5.92 Å². The lowest BCUT2D eigenvalue weighted by Gasteiger charge is -2.35. The van der Waals surface area contributed by atoms with Gasteiger partial charge in [-0.1, -0.05) is 18.5 Å². The zero-order chi connectivity index (χ0) is 14.7. The molecule has 108 valence electrons. The highest BCUT2D eigenvalue weighted by Crippen LogP contribution is 2.20. The number of ketones is 2.